The van der Waals surface area contributed by atoms with Gasteiger partial charge in [0, 0.05) is 29.3 Å². The SMILES string of the molecule is CCn1c(-c2ccc(NS(=O)CC)c(F)c2)c(C#N)c2ccc(OC)cc21. The Morgan fingerprint density at radius 3 is 2.63 bits per heavy atom. The van der Waals surface area contributed by atoms with E-state index in [-0.39, 0.29) is 5.69 Å². The lowest BCUT2D eigenvalue weighted by Gasteiger charge is -2.11. The number of ether oxygens (including phenoxy) is 1. The first-order valence-corrected chi connectivity index (χ1v) is 9.91. The predicted molar refractivity (Wildman–Crippen MR) is 107 cm³/mol. The van der Waals surface area contributed by atoms with Crippen LogP contribution < -0.4 is 9.46 Å². The molecule has 1 heterocycles. The smallest absolute Gasteiger partial charge is 0.147 e. The van der Waals surface area contributed by atoms with Gasteiger partial charge in [0.25, 0.3) is 0 Å². The van der Waals surface area contributed by atoms with Crippen molar-refractivity contribution in [2.75, 3.05) is 17.6 Å². The quantitative estimate of drug-likeness (QED) is 0.682. The molecular formula is C20H20FN3O2S. The zero-order valence-corrected chi connectivity index (χ0v) is 16.2. The van der Waals surface area contributed by atoms with Crippen LogP contribution in [0.25, 0.3) is 22.2 Å². The van der Waals surface area contributed by atoms with E-state index in [1.54, 1.807) is 32.2 Å². The molecule has 1 N–H and O–H groups in total. The van der Waals surface area contributed by atoms with Gasteiger partial charge >= 0.3 is 0 Å². The highest BCUT2D eigenvalue weighted by molar-refractivity contribution is 7.86. The van der Waals surface area contributed by atoms with Gasteiger partial charge in [-0.2, -0.15) is 5.26 Å². The fourth-order valence-corrected chi connectivity index (χ4v) is 3.69. The number of nitriles is 1. The third kappa shape index (κ3) is 3.40. The Bertz CT molecular complexity index is 1070. The predicted octanol–water partition coefficient (Wildman–Crippen LogP) is 4.44. The summed E-state index contributed by atoms with van der Waals surface area (Å²) < 4.78 is 36.1. The minimum atomic E-state index is -1.33. The molecule has 1 aromatic heterocycles. The minimum absolute atomic E-state index is 0.179. The fraction of sp³-hybridized carbons (Fsp3) is 0.250. The molecule has 1 atom stereocenters. The van der Waals surface area contributed by atoms with Gasteiger partial charge in [-0.25, -0.2) is 8.60 Å². The molecule has 0 spiro atoms. The molecule has 2 aromatic carbocycles. The molecule has 0 aliphatic heterocycles. The van der Waals surface area contributed by atoms with Gasteiger partial charge in [-0.05, 0) is 31.2 Å². The van der Waals surface area contributed by atoms with E-state index in [2.05, 4.69) is 10.8 Å². The van der Waals surface area contributed by atoms with E-state index in [4.69, 9.17) is 4.74 Å². The molecule has 1 unspecified atom stereocenters. The van der Waals surface area contributed by atoms with Crippen molar-refractivity contribution in [3.8, 4) is 23.1 Å². The van der Waals surface area contributed by atoms with E-state index in [0.29, 0.717) is 34.9 Å². The summed E-state index contributed by atoms with van der Waals surface area (Å²) in [5.74, 6) is 0.563. The molecule has 0 aliphatic rings. The number of hydrogen-bond donors (Lipinski definition) is 1. The molecule has 0 amide bonds. The van der Waals surface area contributed by atoms with E-state index < -0.39 is 16.8 Å². The number of hydrogen-bond acceptors (Lipinski definition) is 3. The minimum Gasteiger partial charge on any atom is -0.497 e. The number of aryl methyl sites for hydroxylation is 1. The molecule has 5 nitrogen and oxygen atoms in total. The van der Waals surface area contributed by atoms with Gasteiger partial charge in [0.15, 0.2) is 0 Å². The van der Waals surface area contributed by atoms with Gasteiger partial charge in [-0.1, -0.05) is 13.0 Å². The lowest BCUT2D eigenvalue weighted by atomic mass is 10.1. The van der Waals surface area contributed by atoms with E-state index in [1.165, 1.54) is 6.07 Å². The van der Waals surface area contributed by atoms with Crippen LogP contribution in [-0.4, -0.2) is 21.6 Å². The van der Waals surface area contributed by atoms with E-state index >= 15 is 0 Å². The first kappa shape index (κ1) is 18.9. The molecule has 140 valence electrons. The van der Waals surface area contributed by atoms with Crippen LogP contribution in [0.2, 0.25) is 0 Å². The molecule has 0 saturated carbocycles. The monoisotopic (exact) mass is 385 g/mol. The second-order valence-electron chi connectivity index (χ2n) is 5.89. The summed E-state index contributed by atoms with van der Waals surface area (Å²) in [7, 11) is 0.262. The van der Waals surface area contributed by atoms with Gasteiger partial charge in [0.2, 0.25) is 0 Å². The average Bonchev–Trinajstić information content (AvgIpc) is 3.01. The lowest BCUT2D eigenvalue weighted by Crippen LogP contribution is -2.07. The summed E-state index contributed by atoms with van der Waals surface area (Å²) in [6.07, 6.45) is 0. The van der Waals surface area contributed by atoms with E-state index in [9.17, 15) is 13.9 Å². The fourth-order valence-electron chi connectivity index (χ4n) is 3.14. The topological polar surface area (TPSA) is 67.0 Å². The maximum absolute atomic E-state index is 14.6. The average molecular weight is 385 g/mol. The maximum atomic E-state index is 14.6. The number of aromatic nitrogens is 1. The van der Waals surface area contributed by atoms with E-state index in [0.717, 1.165) is 10.9 Å². The van der Waals surface area contributed by atoms with Crippen molar-refractivity contribution < 1.29 is 13.3 Å². The zero-order valence-electron chi connectivity index (χ0n) is 15.4. The summed E-state index contributed by atoms with van der Waals surface area (Å²) in [6, 6.07) is 12.4. The Labute approximate surface area is 160 Å². The Morgan fingerprint density at radius 1 is 1.26 bits per heavy atom. The molecule has 0 saturated heterocycles. The Balaban J connectivity index is 2.20. The molecule has 7 heteroatoms. The number of halogens is 1. The van der Waals surface area contributed by atoms with Gasteiger partial charge in [0.05, 0.1) is 29.6 Å². The number of benzene rings is 2. The van der Waals surface area contributed by atoms with Crippen molar-refractivity contribution in [1.82, 2.24) is 4.57 Å². The van der Waals surface area contributed by atoms with Crippen LogP contribution >= 0.6 is 0 Å². The summed E-state index contributed by atoms with van der Waals surface area (Å²) in [5, 5.41) is 10.5. The number of nitrogens with zero attached hydrogens (tertiary/aromatic N) is 2. The standard InChI is InChI=1S/C20H20FN3O2S/c1-4-24-19-11-14(26-3)7-8-15(19)16(12-22)20(24)13-6-9-18(17(21)10-13)23-27(25)5-2/h6-11,23H,4-5H2,1-3H3. The molecular weight excluding hydrogens is 365 g/mol. The Kier molecular flexibility index (Phi) is 5.47. The number of anilines is 1. The van der Waals surface area contributed by atoms with Crippen LogP contribution in [0.4, 0.5) is 10.1 Å². The highest BCUT2D eigenvalue weighted by atomic mass is 32.2. The van der Waals surface area contributed by atoms with Crippen molar-refractivity contribution in [1.29, 1.82) is 5.26 Å². The van der Waals surface area contributed by atoms with Gasteiger partial charge in [-0.3, -0.25) is 0 Å². The van der Waals surface area contributed by atoms with Crippen molar-refractivity contribution in [2.24, 2.45) is 0 Å². The molecule has 3 aromatic rings. The first-order chi connectivity index (χ1) is 13.0. The van der Waals surface area contributed by atoms with E-state index in [1.807, 2.05) is 23.6 Å². The van der Waals surface area contributed by atoms with Crippen LogP contribution in [0.3, 0.4) is 0 Å². The highest BCUT2D eigenvalue weighted by Gasteiger charge is 2.19. The van der Waals surface area contributed by atoms with Crippen molar-refractivity contribution in [2.45, 2.75) is 20.4 Å². The number of methoxy groups -OCH3 is 1. The second kappa shape index (κ2) is 7.80. The van der Waals surface area contributed by atoms with Crippen LogP contribution in [0, 0.1) is 17.1 Å². The maximum Gasteiger partial charge on any atom is 0.147 e. The molecule has 0 bridgehead atoms. The van der Waals surface area contributed by atoms with Gasteiger partial charge in [-0.15, -0.1) is 0 Å². The molecule has 27 heavy (non-hydrogen) atoms. The van der Waals surface area contributed by atoms with Crippen LogP contribution in [0.1, 0.15) is 19.4 Å². The van der Waals surface area contributed by atoms with Crippen molar-refractivity contribution in [3.05, 3.63) is 47.8 Å². The number of nitrogens with one attached hydrogen (secondary N) is 1. The summed E-state index contributed by atoms with van der Waals surface area (Å²) in [4.78, 5) is 0. The van der Waals surface area contributed by atoms with Crippen LogP contribution in [0.15, 0.2) is 36.4 Å². The number of fused-ring (bicyclic) bond motifs is 1. The Morgan fingerprint density at radius 2 is 2.04 bits per heavy atom. The highest BCUT2D eigenvalue weighted by Crippen LogP contribution is 2.36. The first-order valence-electron chi connectivity index (χ1n) is 8.59. The summed E-state index contributed by atoms with van der Waals surface area (Å²) in [5.41, 5.74) is 2.78. The molecule has 3 rings (SSSR count). The third-order valence-electron chi connectivity index (χ3n) is 4.43. The van der Waals surface area contributed by atoms with Crippen LogP contribution in [-0.2, 0) is 17.5 Å². The third-order valence-corrected chi connectivity index (χ3v) is 5.40. The zero-order chi connectivity index (χ0) is 19.6. The van der Waals surface area contributed by atoms with Gasteiger partial charge < -0.3 is 14.0 Å². The lowest BCUT2D eigenvalue weighted by molar-refractivity contribution is 0.415. The second-order valence-corrected chi connectivity index (χ2v) is 7.37. The Hall–Kier alpha value is -2.85. The largest absolute Gasteiger partial charge is 0.497 e. The molecule has 0 aliphatic carbocycles. The molecule has 0 fully saturated rings. The summed E-state index contributed by atoms with van der Waals surface area (Å²) >= 11 is 0. The summed E-state index contributed by atoms with van der Waals surface area (Å²) in [6.45, 7) is 4.34. The normalized spacial score (nSPS) is 12.0. The number of rotatable bonds is 6. The van der Waals surface area contributed by atoms with Gasteiger partial charge in [0.1, 0.15) is 28.6 Å². The molecule has 0 radical (unpaired) electrons. The van der Waals surface area contributed by atoms with Crippen molar-refractivity contribution >= 4 is 27.6 Å². The van der Waals surface area contributed by atoms with Crippen LogP contribution in [0.5, 0.6) is 5.75 Å². The van der Waals surface area contributed by atoms with Crippen molar-refractivity contribution in [3.63, 3.8) is 0 Å².